The fourth-order valence-corrected chi connectivity index (χ4v) is 5.50. The highest BCUT2D eigenvalue weighted by molar-refractivity contribution is 6.11. The Morgan fingerprint density at radius 2 is 1.22 bits per heavy atom. The van der Waals surface area contributed by atoms with Crippen LogP contribution in [0.15, 0.2) is 133 Å². The Morgan fingerprint density at radius 3 is 2.03 bits per heavy atom. The third kappa shape index (κ3) is 3.66. The Hall–Kier alpha value is -4.82. The summed E-state index contributed by atoms with van der Waals surface area (Å²) in [6.07, 6.45) is 0. The molecule has 7 rings (SSSR count). The normalized spacial score (nSPS) is 11.6. The lowest BCUT2D eigenvalue weighted by molar-refractivity contribution is 1.25. The maximum Gasteiger partial charge on any atom is 0.0490 e. The van der Waals surface area contributed by atoms with Crippen LogP contribution in [0.3, 0.4) is 0 Å². The summed E-state index contributed by atoms with van der Waals surface area (Å²) in [4.78, 5) is 2.32. The van der Waals surface area contributed by atoms with Crippen molar-refractivity contribution in [2.24, 2.45) is 0 Å². The lowest BCUT2D eigenvalue weighted by atomic mass is 9.91. The molecule has 6 aromatic carbocycles. The van der Waals surface area contributed by atoms with Crippen molar-refractivity contribution in [3.8, 4) is 22.3 Å². The second-order valence-electron chi connectivity index (χ2n) is 9.60. The van der Waals surface area contributed by atoms with Crippen molar-refractivity contribution in [2.45, 2.75) is 6.92 Å². The monoisotopic (exact) mass is 474 g/mol. The average Bonchev–Trinajstić information content (AvgIpc) is 2.95. The Bertz CT molecular complexity index is 1750. The number of nitrogens with one attached hydrogen (secondary N) is 1. The number of hydrogen-bond donors (Lipinski definition) is 1. The van der Waals surface area contributed by atoms with E-state index in [2.05, 4.69) is 151 Å². The molecule has 0 amide bonds. The summed E-state index contributed by atoms with van der Waals surface area (Å²) in [5.74, 6) is 0. The Morgan fingerprint density at radius 1 is 0.514 bits per heavy atom. The molecule has 1 N–H and O–H groups in total. The van der Waals surface area contributed by atoms with Crippen LogP contribution in [0.1, 0.15) is 5.56 Å². The van der Waals surface area contributed by atoms with E-state index in [1.807, 2.05) is 0 Å². The summed E-state index contributed by atoms with van der Waals surface area (Å²) in [6, 6.07) is 47.8. The zero-order chi connectivity index (χ0) is 24.8. The van der Waals surface area contributed by atoms with Gasteiger partial charge in [-0.3, -0.25) is 0 Å². The van der Waals surface area contributed by atoms with Gasteiger partial charge in [0.05, 0.1) is 0 Å². The molecule has 2 heteroatoms. The molecule has 0 bridgehead atoms. The minimum Gasteiger partial charge on any atom is -0.354 e. The smallest absolute Gasteiger partial charge is 0.0490 e. The van der Waals surface area contributed by atoms with Gasteiger partial charge in [0.15, 0.2) is 0 Å². The minimum atomic E-state index is 1.14. The van der Waals surface area contributed by atoms with Gasteiger partial charge >= 0.3 is 0 Å². The van der Waals surface area contributed by atoms with Crippen molar-refractivity contribution in [1.29, 1.82) is 0 Å². The quantitative estimate of drug-likeness (QED) is 0.273. The first-order valence-electron chi connectivity index (χ1n) is 12.7. The molecule has 0 aliphatic carbocycles. The molecule has 2 nitrogen and oxygen atoms in total. The Kier molecular flexibility index (Phi) is 5.04. The van der Waals surface area contributed by atoms with Crippen molar-refractivity contribution in [3.63, 3.8) is 0 Å². The van der Waals surface area contributed by atoms with E-state index >= 15 is 0 Å². The zero-order valence-corrected chi connectivity index (χ0v) is 20.6. The van der Waals surface area contributed by atoms with Crippen molar-refractivity contribution >= 4 is 39.2 Å². The van der Waals surface area contributed by atoms with E-state index in [0.29, 0.717) is 0 Å². The molecule has 0 fully saturated rings. The Balaban J connectivity index is 1.28. The van der Waals surface area contributed by atoms with Crippen LogP contribution in [0.4, 0.5) is 28.4 Å². The molecule has 1 aliphatic heterocycles. The highest BCUT2D eigenvalue weighted by Gasteiger charge is 2.19. The highest BCUT2D eigenvalue weighted by Crippen LogP contribution is 2.45. The van der Waals surface area contributed by atoms with Crippen LogP contribution in [0.25, 0.3) is 33.0 Å². The molecule has 0 radical (unpaired) electrons. The number of para-hydroxylation sites is 2. The van der Waals surface area contributed by atoms with E-state index in [-0.39, 0.29) is 0 Å². The molecular weight excluding hydrogens is 448 g/mol. The van der Waals surface area contributed by atoms with Crippen LogP contribution in [0.5, 0.6) is 0 Å². The molecule has 0 spiro atoms. The number of hydrogen-bond acceptors (Lipinski definition) is 2. The molecular formula is C35H26N2. The largest absolute Gasteiger partial charge is 0.354 e. The number of rotatable bonds is 4. The second kappa shape index (κ2) is 8.69. The minimum absolute atomic E-state index is 1.14. The maximum absolute atomic E-state index is 3.69. The van der Waals surface area contributed by atoms with Gasteiger partial charge in [0.2, 0.25) is 0 Å². The van der Waals surface area contributed by atoms with Gasteiger partial charge in [0, 0.05) is 39.4 Å². The fraction of sp³-hybridized carbons (Fsp3) is 0.0286. The highest BCUT2D eigenvalue weighted by atomic mass is 15.1. The van der Waals surface area contributed by atoms with Crippen molar-refractivity contribution in [3.05, 3.63) is 139 Å². The third-order valence-electron chi connectivity index (χ3n) is 7.31. The SMILES string of the molecule is Cc1ccccc1N(c1ccccc1)c1ccc(-c2ccc3c(c2)Nc2cccc4cccc-3c24)cc1. The molecule has 0 aromatic heterocycles. The second-order valence-corrected chi connectivity index (χ2v) is 9.60. The first-order chi connectivity index (χ1) is 18.3. The number of anilines is 5. The lowest BCUT2D eigenvalue weighted by Gasteiger charge is -2.27. The summed E-state index contributed by atoms with van der Waals surface area (Å²) in [5.41, 5.74) is 12.0. The van der Waals surface area contributed by atoms with E-state index in [1.54, 1.807) is 0 Å². The van der Waals surface area contributed by atoms with Gasteiger partial charge < -0.3 is 10.2 Å². The number of fused-ring (bicyclic) bond motifs is 2. The van der Waals surface area contributed by atoms with E-state index in [4.69, 9.17) is 0 Å². The maximum atomic E-state index is 3.69. The predicted molar refractivity (Wildman–Crippen MR) is 158 cm³/mol. The summed E-state index contributed by atoms with van der Waals surface area (Å²) in [6.45, 7) is 2.17. The molecule has 0 unspecified atom stereocenters. The first-order valence-corrected chi connectivity index (χ1v) is 12.7. The van der Waals surface area contributed by atoms with Crippen LogP contribution in [0, 0.1) is 6.92 Å². The zero-order valence-electron chi connectivity index (χ0n) is 20.6. The van der Waals surface area contributed by atoms with Gasteiger partial charge in [-0.1, -0.05) is 91.0 Å². The van der Waals surface area contributed by atoms with Crippen molar-refractivity contribution in [1.82, 2.24) is 0 Å². The topological polar surface area (TPSA) is 15.3 Å². The van der Waals surface area contributed by atoms with E-state index in [0.717, 1.165) is 17.1 Å². The van der Waals surface area contributed by atoms with Crippen molar-refractivity contribution in [2.75, 3.05) is 10.2 Å². The van der Waals surface area contributed by atoms with E-state index in [1.165, 1.54) is 50.0 Å². The van der Waals surface area contributed by atoms with Crippen LogP contribution < -0.4 is 10.2 Å². The standard InChI is InChI=1S/C35H26N2/c1-24-9-5-6-16-34(24)37(28-12-3-2-4-13-28)29-20-17-25(18-21-29)27-19-22-30-31-14-7-10-26-11-8-15-32(35(26)31)36-33(30)23-27/h2-23,36H,1H3. The molecule has 176 valence electrons. The third-order valence-corrected chi connectivity index (χ3v) is 7.31. The summed E-state index contributed by atoms with van der Waals surface area (Å²) in [7, 11) is 0. The number of benzene rings is 6. The van der Waals surface area contributed by atoms with E-state index < -0.39 is 0 Å². The summed E-state index contributed by atoms with van der Waals surface area (Å²) >= 11 is 0. The molecule has 0 atom stereocenters. The van der Waals surface area contributed by atoms with Gasteiger partial charge in [0.1, 0.15) is 0 Å². The molecule has 0 saturated heterocycles. The number of nitrogens with zero attached hydrogens (tertiary/aromatic N) is 1. The van der Waals surface area contributed by atoms with Gasteiger partial charge in [0.25, 0.3) is 0 Å². The fourth-order valence-electron chi connectivity index (χ4n) is 5.50. The molecule has 1 heterocycles. The number of aryl methyl sites for hydroxylation is 1. The van der Waals surface area contributed by atoms with Gasteiger partial charge in [-0.25, -0.2) is 0 Å². The van der Waals surface area contributed by atoms with E-state index in [9.17, 15) is 0 Å². The van der Waals surface area contributed by atoms with Crippen LogP contribution in [0.2, 0.25) is 0 Å². The van der Waals surface area contributed by atoms with Crippen LogP contribution in [-0.2, 0) is 0 Å². The van der Waals surface area contributed by atoms with Crippen molar-refractivity contribution < 1.29 is 0 Å². The van der Waals surface area contributed by atoms with Gasteiger partial charge in [-0.2, -0.15) is 0 Å². The molecule has 0 saturated carbocycles. The van der Waals surface area contributed by atoms with Gasteiger partial charge in [-0.05, 0) is 77.0 Å². The lowest BCUT2D eigenvalue weighted by Crippen LogP contribution is -2.11. The van der Waals surface area contributed by atoms with Crippen LogP contribution in [-0.4, -0.2) is 0 Å². The summed E-state index contributed by atoms with van der Waals surface area (Å²) in [5, 5.41) is 6.25. The van der Waals surface area contributed by atoms with Gasteiger partial charge in [-0.15, -0.1) is 0 Å². The predicted octanol–water partition coefficient (Wildman–Crippen LogP) is 10.0. The summed E-state index contributed by atoms with van der Waals surface area (Å²) < 4.78 is 0. The molecule has 1 aliphatic rings. The van der Waals surface area contributed by atoms with Crippen LogP contribution >= 0.6 is 0 Å². The molecule has 6 aromatic rings. The average molecular weight is 475 g/mol. The molecule has 37 heavy (non-hydrogen) atoms. The first kappa shape index (κ1) is 21.5. The Labute approximate surface area is 217 Å².